The number of methoxy groups -OCH3 is 1. The van der Waals surface area contributed by atoms with E-state index in [2.05, 4.69) is 0 Å². The van der Waals surface area contributed by atoms with Crippen LogP contribution in [0.15, 0.2) is 0 Å². The summed E-state index contributed by atoms with van der Waals surface area (Å²) >= 11 is 0. The maximum atomic E-state index is 11.7. The highest BCUT2D eigenvalue weighted by Crippen LogP contribution is 2.42. The van der Waals surface area contributed by atoms with E-state index in [1.165, 1.54) is 0 Å². The first-order valence-corrected chi connectivity index (χ1v) is 5.00. The molecule has 0 aromatic rings. The quantitative estimate of drug-likeness (QED) is 0.696. The zero-order chi connectivity index (χ0) is 11.0. The lowest BCUT2D eigenvalue weighted by Gasteiger charge is -2.26. The molecule has 82 valence electrons. The van der Waals surface area contributed by atoms with Crippen molar-refractivity contribution in [2.45, 2.75) is 45.3 Å². The topological polar surface area (TPSA) is 35.5 Å². The molecule has 1 fully saturated rings. The normalized spacial score (nSPS) is 29.1. The minimum absolute atomic E-state index is 0.0440. The highest BCUT2D eigenvalue weighted by molar-refractivity contribution is 5.83. The fraction of sp³-hybridized carbons (Fsp3) is 0.909. The Balaban J connectivity index is 2.75. The molecule has 0 bridgehead atoms. The Morgan fingerprint density at radius 1 is 1.43 bits per heavy atom. The lowest BCUT2D eigenvalue weighted by molar-refractivity contribution is -0.133. The second-order valence-electron chi connectivity index (χ2n) is 5.12. The number of hydrogen-bond donors (Lipinski definition) is 0. The van der Waals surface area contributed by atoms with Gasteiger partial charge in [-0.2, -0.15) is 0 Å². The molecular weight excluding hydrogens is 180 g/mol. The van der Waals surface area contributed by atoms with Crippen molar-refractivity contribution in [3.63, 3.8) is 0 Å². The van der Waals surface area contributed by atoms with Gasteiger partial charge >= 0.3 is 0 Å². The van der Waals surface area contributed by atoms with Crippen molar-refractivity contribution >= 4 is 5.78 Å². The zero-order valence-corrected chi connectivity index (χ0v) is 9.72. The number of ether oxygens (including phenoxy) is 2. The van der Waals surface area contributed by atoms with Crippen molar-refractivity contribution in [1.29, 1.82) is 0 Å². The van der Waals surface area contributed by atoms with Gasteiger partial charge in [-0.05, 0) is 34.1 Å². The Morgan fingerprint density at radius 3 is 2.36 bits per heavy atom. The highest BCUT2D eigenvalue weighted by atomic mass is 16.5. The van der Waals surface area contributed by atoms with Crippen molar-refractivity contribution in [1.82, 2.24) is 0 Å². The first-order chi connectivity index (χ1) is 6.28. The van der Waals surface area contributed by atoms with Gasteiger partial charge < -0.3 is 9.47 Å². The summed E-state index contributed by atoms with van der Waals surface area (Å²) in [6.07, 6.45) is 0.780. The third kappa shape index (κ3) is 2.34. The molecule has 1 rings (SSSR count). The monoisotopic (exact) mass is 200 g/mol. The van der Waals surface area contributed by atoms with Crippen LogP contribution in [0.3, 0.4) is 0 Å². The number of ketones is 1. The molecule has 1 aliphatic heterocycles. The van der Waals surface area contributed by atoms with Crippen molar-refractivity contribution in [3.05, 3.63) is 0 Å². The van der Waals surface area contributed by atoms with Crippen LogP contribution in [0.2, 0.25) is 0 Å². The van der Waals surface area contributed by atoms with Crippen LogP contribution in [0.5, 0.6) is 0 Å². The van der Waals surface area contributed by atoms with Crippen LogP contribution in [0, 0.1) is 5.92 Å². The van der Waals surface area contributed by atoms with Crippen molar-refractivity contribution < 1.29 is 14.3 Å². The van der Waals surface area contributed by atoms with Crippen LogP contribution in [-0.4, -0.2) is 30.7 Å². The van der Waals surface area contributed by atoms with Gasteiger partial charge in [-0.15, -0.1) is 0 Å². The molecule has 0 aliphatic carbocycles. The molecule has 3 nitrogen and oxygen atoms in total. The molecule has 0 aromatic heterocycles. The molecule has 0 radical (unpaired) electrons. The molecule has 0 N–H and O–H groups in total. The third-order valence-corrected chi connectivity index (χ3v) is 2.75. The molecule has 0 aromatic carbocycles. The Labute approximate surface area is 85.8 Å². The van der Waals surface area contributed by atoms with E-state index < -0.39 is 0 Å². The standard InChI is InChI=1S/C11H20O3/c1-10(2)6-8(9(12)7-13-5)11(3,4)14-10/h8H,6-7H2,1-5H3. The van der Waals surface area contributed by atoms with Crippen LogP contribution >= 0.6 is 0 Å². The van der Waals surface area contributed by atoms with Crippen molar-refractivity contribution in [3.8, 4) is 0 Å². The van der Waals surface area contributed by atoms with E-state index in [1.807, 2.05) is 27.7 Å². The Morgan fingerprint density at radius 2 is 2.00 bits per heavy atom. The third-order valence-electron chi connectivity index (χ3n) is 2.75. The lowest BCUT2D eigenvalue weighted by atomic mass is 9.84. The summed E-state index contributed by atoms with van der Waals surface area (Å²) in [7, 11) is 1.55. The molecular formula is C11H20O3. The molecule has 1 saturated heterocycles. The first kappa shape index (κ1) is 11.7. The average molecular weight is 200 g/mol. The van der Waals surface area contributed by atoms with Gasteiger partial charge in [-0.25, -0.2) is 0 Å². The average Bonchev–Trinajstić information content (AvgIpc) is 2.19. The van der Waals surface area contributed by atoms with E-state index in [0.29, 0.717) is 0 Å². The Hall–Kier alpha value is -0.410. The summed E-state index contributed by atoms with van der Waals surface area (Å²) in [5, 5.41) is 0. The fourth-order valence-corrected chi connectivity index (χ4v) is 2.31. The first-order valence-electron chi connectivity index (χ1n) is 5.00. The molecule has 14 heavy (non-hydrogen) atoms. The van der Waals surface area contributed by atoms with Crippen LogP contribution < -0.4 is 0 Å². The van der Waals surface area contributed by atoms with Gasteiger partial charge in [0.1, 0.15) is 6.61 Å². The van der Waals surface area contributed by atoms with Gasteiger partial charge in [-0.3, -0.25) is 4.79 Å². The van der Waals surface area contributed by atoms with Gasteiger partial charge in [0, 0.05) is 7.11 Å². The largest absolute Gasteiger partial charge is 0.377 e. The van der Waals surface area contributed by atoms with Crippen molar-refractivity contribution in [2.24, 2.45) is 5.92 Å². The summed E-state index contributed by atoms with van der Waals surface area (Å²) in [6.45, 7) is 8.18. The van der Waals surface area contributed by atoms with Gasteiger partial charge in [0.15, 0.2) is 5.78 Å². The number of hydrogen-bond acceptors (Lipinski definition) is 3. The zero-order valence-electron chi connectivity index (χ0n) is 9.72. The summed E-state index contributed by atoms with van der Waals surface area (Å²) in [4.78, 5) is 11.7. The van der Waals surface area contributed by atoms with E-state index in [4.69, 9.17) is 9.47 Å². The maximum absolute atomic E-state index is 11.7. The lowest BCUT2D eigenvalue weighted by Crippen LogP contribution is -2.35. The smallest absolute Gasteiger partial charge is 0.164 e. The van der Waals surface area contributed by atoms with Crippen LogP contribution in [0.4, 0.5) is 0 Å². The van der Waals surface area contributed by atoms with E-state index in [0.717, 1.165) is 6.42 Å². The van der Waals surface area contributed by atoms with Crippen molar-refractivity contribution in [2.75, 3.05) is 13.7 Å². The van der Waals surface area contributed by atoms with E-state index >= 15 is 0 Å². The fourth-order valence-electron chi connectivity index (χ4n) is 2.31. The van der Waals surface area contributed by atoms with E-state index in [1.54, 1.807) is 7.11 Å². The molecule has 0 spiro atoms. The molecule has 1 unspecified atom stereocenters. The molecule has 1 heterocycles. The number of rotatable bonds is 3. The summed E-state index contributed by atoms with van der Waals surface area (Å²) < 4.78 is 10.7. The van der Waals surface area contributed by atoms with Crippen LogP contribution in [-0.2, 0) is 14.3 Å². The number of carbonyl (C=O) groups is 1. The molecule has 1 atom stereocenters. The molecule has 0 amide bonds. The molecule has 0 saturated carbocycles. The van der Waals surface area contributed by atoms with E-state index in [-0.39, 0.29) is 29.5 Å². The summed E-state index contributed by atoms with van der Waals surface area (Å²) in [6, 6.07) is 0. The van der Waals surface area contributed by atoms with Crippen LogP contribution in [0.25, 0.3) is 0 Å². The summed E-state index contributed by atoms with van der Waals surface area (Å²) in [5.74, 6) is 0.0977. The molecule has 1 aliphatic rings. The SMILES string of the molecule is COCC(=O)C1CC(C)(C)OC1(C)C. The highest BCUT2D eigenvalue weighted by Gasteiger charge is 2.48. The van der Waals surface area contributed by atoms with Gasteiger partial charge in [-0.1, -0.05) is 0 Å². The Bertz CT molecular complexity index is 231. The van der Waals surface area contributed by atoms with Gasteiger partial charge in [0.25, 0.3) is 0 Å². The number of Topliss-reactive ketones (excluding diaryl/α,β-unsaturated/α-hetero) is 1. The van der Waals surface area contributed by atoms with Gasteiger partial charge in [0.2, 0.25) is 0 Å². The predicted octanol–water partition coefficient (Wildman–Crippen LogP) is 1.80. The van der Waals surface area contributed by atoms with Crippen LogP contribution in [0.1, 0.15) is 34.1 Å². The second kappa shape index (κ2) is 3.63. The predicted molar refractivity (Wildman–Crippen MR) is 54.2 cm³/mol. The number of carbonyl (C=O) groups excluding carboxylic acids is 1. The Kier molecular flexibility index (Phi) is 3.02. The maximum Gasteiger partial charge on any atom is 0.164 e. The second-order valence-corrected chi connectivity index (χ2v) is 5.12. The minimum Gasteiger partial charge on any atom is -0.377 e. The van der Waals surface area contributed by atoms with E-state index in [9.17, 15) is 4.79 Å². The minimum atomic E-state index is -0.362. The summed E-state index contributed by atoms with van der Waals surface area (Å²) in [5.41, 5.74) is -0.559. The molecule has 3 heteroatoms. The van der Waals surface area contributed by atoms with Gasteiger partial charge in [0.05, 0.1) is 17.1 Å².